The molecule has 0 saturated heterocycles. The number of allylic oxidation sites excluding steroid dienone is 1. The maximum Gasteiger partial charge on any atom is 0.339 e. The van der Waals surface area contributed by atoms with Crippen LogP contribution in [0.3, 0.4) is 0 Å². The van der Waals surface area contributed by atoms with Crippen LogP contribution in [0.1, 0.15) is 85.9 Å². The van der Waals surface area contributed by atoms with Gasteiger partial charge in [0.25, 0.3) is 5.91 Å². The van der Waals surface area contributed by atoms with Crippen LogP contribution in [-0.2, 0) is 4.74 Å². The molecule has 6 atom stereocenters. The van der Waals surface area contributed by atoms with Crippen molar-refractivity contribution in [2.24, 2.45) is 33.7 Å². The summed E-state index contributed by atoms with van der Waals surface area (Å²) in [5.74, 6) is 1.36. The Balaban J connectivity index is 1.15. The van der Waals surface area contributed by atoms with Gasteiger partial charge in [-0.2, -0.15) is 5.10 Å². The van der Waals surface area contributed by atoms with Crippen molar-refractivity contribution in [1.29, 1.82) is 0 Å². The molecule has 7 heteroatoms. The number of ether oxygens (including phenoxy) is 1. The second-order valence-electron chi connectivity index (χ2n) is 12.0. The van der Waals surface area contributed by atoms with Crippen molar-refractivity contribution in [3.8, 4) is 0 Å². The molecule has 0 radical (unpaired) electrons. The second kappa shape index (κ2) is 9.75. The number of nitrogens with one attached hydrogen (secondary N) is 1. The lowest BCUT2D eigenvalue weighted by Crippen LogP contribution is -2.50. The molecule has 38 heavy (non-hydrogen) atoms. The van der Waals surface area contributed by atoms with E-state index in [1.165, 1.54) is 12.0 Å². The molecule has 3 saturated carbocycles. The van der Waals surface area contributed by atoms with Crippen LogP contribution < -0.4 is 5.43 Å². The van der Waals surface area contributed by atoms with Gasteiger partial charge in [0, 0.05) is 42.3 Å². The molecule has 7 nitrogen and oxygen atoms in total. The zero-order valence-electron chi connectivity index (χ0n) is 22.2. The highest BCUT2D eigenvalue weighted by Crippen LogP contribution is 2.64. The van der Waals surface area contributed by atoms with Crippen LogP contribution in [0.5, 0.6) is 0 Å². The Kier molecular flexibility index (Phi) is 6.40. The summed E-state index contributed by atoms with van der Waals surface area (Å²) < 4.78 is 5.91. The zero-order valence-corrected chi connectivity index (χ0v) is 22.2. The Morgan fingerprint density at radius 3 is 2.42 bits per heavy atom. The van der Waals surface area contributed by atoms with Gasteiger partial charge in [0.05, 0.1) is 11.1 Å². The van der Waals surface area contributed by atoms with Gasteiger partial charge in [-0.05, 0) is 92.4 Å². The molecule has 0 unspecified atom stereocenters. The van der Waals surface area contributed by atoms with Crippen molar-refractivity contribution < 1.29 is 14.3 Å². The third-order valence-corrected chi connectivity index (χ3v) is 10.2. The third-order valence-electron chi connectivity index (χ3n) is 10.2. The van der Waals surface area contributed by atoms with Crippen LogP contribution in [-0.4, -0.2) is 33.7 Å². The fourth-order valence-electron chi connectivity index (χ4n) is 8.08. The number of hydrazone groups is 1. The fourth-order valence-corrected chi connectivity index (χ4v) is 8.08. The Hall–Kier alpha value is -3.35. The number of pyridine rings is 2. The van der Waals surface area contributed by atoms with E-state index in [-0.39, 0.29) is 28.8 Å². The summed E-state index contributed by atoms with van der Waals surface area (Å²) in [7, 11) is 0. The van der Waals surface area contributed by atoms with E-state index in [0.29, 0.717) is 28.9 Å². The van der Waals surface area contributed by atoms with Gasteiger partial charge in [-0.3, -0.25) is 14.8 Å². The summed E-state index contributed by atoms with van der Waals surface area (Å²) in [6.45, 7) is 4.82. The van der Waals surface area contributed by atoms with Crippen molar-refractivity contribution >= 4 is 17.6 Å². The van der Waals surface area contributed by atoms with Crippen LogP contribution in [0.25, 0.3) is 0 Å². The summed E-state index contributed by atoms with van der Waals surface area (Å²) >= 11 is 0. The first-order chi connectivity index (χ1) is 18.4. The highest BCUT2D eigenvalue weighted by molar-refractivity contribution is 5.97. The van der Waals surface area contributed by atoms with Gasteiger partial charge in [0.2, 0.25) is 0 Å². The minimum absolute atomic E-state index is 0.0293. The minimum Gasteiger partial charge on any atom is -0.458 e. The number of esters is 1. The van der Waals surface area contributed by atoms with E-state index in [4.69, 9.17) is 4.74 Å². The average Bonchev–Trinajstić information content (AvgIpc) is 3.29. The molecule has 1 N–H and O–H groups in total. The van der Waals surface area contributed by atoms with Crippen molar-refractivity contribution in [3.05, 3.63) is 71.8 Å². The molecule has 6 rings (SSSR count). The van der Waals surface area contributed by atoms with E-state index in [1.807, 2.05) is 0 Å². The number of carbonyl (C=O) groups is 2. The van der Waals surface area contributed by atoms with Gasteiger partial charge in [-0.15, -0.1) is 0 Å². The number of hydrogen-bond acceptors (Lipinski definition) is 6. The smallest absolute Gasteiger partial charge is 0.339 e. The molecule has 3 fully saturated rings. The van der Waals surface area contributed by atoms with E-state index in [0.717, 1.165) is 50.7 Å². The first-order valence-corrected chi connectivity index (χ1v) is 14.0. The van der Waals surface area contributed by atoms with E-state index in [2.05, 4.69) is 40.4 Å². The SMILES string of the molecule is C[C@]12CC[C@H](OC(=O)c3cccnc3)CC1=CC[C@@H]1[C@@H]2CC[C@]2(C)/C(=N\NC(=O)c3cccnc3)CC[C@@H]12. The maximum atomic E-state index is 12.6. The molecule has 2 aromatic heterocycles. The number of fused-ring (bicyclic) bond motifs is 5. The topological polar surface area (TPSA) is 93.5 Å². The fraction of sp³-hybridized carbons (Fsp3) is 0.516. The van der Waals surface area contributed by atoms with Gasteiger partial charge < -0.3 is 4.74 Å². The number of aromatic nitrogens is 2. The van der Waals surface area contributed by atoms with Gasteiger partial charge in [-0.25, -0.2) is 10.2 Å². The molecule has 2 heterocycles. The average molecular weight is 513 g/mol. The Bertz CT molecular complexity index is 1280. The largest absolute Gasteiger partial charge is 0.458 e. The normalized spacial score (nSPS) is 34.9. The van der Waals surface area contributed by atoms with E-state index >= 15 is 0 Å². The predicted octanol–water partition coefficient (Wildman–Crippen LogP) is 5.75. The quantitative estimate of drug-likeness (QED) is 0.320. The lowest BCUT2D eigenvalue weighted by molar-refractivity contribution is -0.0285. The molecule has 198 valence electrons. The first kappa shape index (κ1) is 25.0. The molecule has 0 bridgehead atoms. The van der Waals surface area contributed by atoms with E-state index < -0.39 is 0 Å². The Morgan fingerprint density at radius 2 is 1.68 bits per heavy atom. The van der Waals surface area contributed by atoms with Crippen molar-refractivity contribution in [3.63, 3.8) is 0 Å². The van der Waals surface area contributed by atoms with Gasteiger partial charge in [-0.1, -0.05) is 25.5 Å². The highest BCUT2D eigenvalue weighted by atomic mass is 16.5. The molecular weight excluding hydrogens is 476 g/mol. The number of rotatable bonds is 4. The highest BCUT2D eigenvalue weighted by Gasteiger charge is 2.58. The monoisotopic (exact) mass is 512 g/mol. The van der Waals surface area contributed by atoms with Crippen LogP contribution in [0.4, 0.5) is 0 Å². The number of amides is 1. The van der Waals surface area contributed by atoms with Crippen LogP contribution in [0.15, 0.2) is 65.8 Å². The van der Waals surface area contributed by atoms with Crippen LogP contribution >= 0.6 is 0 Å². The Morgan fingerprint density at radius 1 is 0.974 bits per heavy atom. The summed E-state index contributed by atoms with van der Waals surface area (Å²) in [5.41, 5.74) is 6.66. The number of nitrogens with zero attached hydrogens (tertiary/aromatic N) is 3. The molecule has 1 amide bonds. The number of carbonyl (C=O) groups excluding carboxylic acids is 2. The number of hydrogen-bond donors (Lipinski definition) is 1. The molecule has 0 spiro atoms. The van der Waals surface area contributed by atoms with Gasteiger partial charge in [0.15, 0.2) is 0 Å². The summed E-state index contributed by atoms with van der Waals surface area (Å²) in [6.07, 6.45) is 17.1. The van der Waals surface area contributed by atoms with E-state index in [9.17, 15) is 9.59 Å². The van der Waals surface area contributed by atoms with Crippen molar-refractivity contribution in [2.45, 2.75) is 71.3 Å². The van der Waals surface area contributed by atoms with Crippen molar-refractivity contribution in [2.75, 3.05) is 0 Å². The maximum absolute atomic E-state index is 12.6. The van der Waals surface area contributed by atoms with Crippen molar-refractivity contribution in [1.82, 2.24) is 15.4 Å². The molecule has 4 aliphatic carbocycles. The lowest BCUT2D eigenvalue weighted by Gasteiger charge is -2.57. The third kappa shape index (κ3) is 4.26. The van der Waals surface area contributed by atoms with Crippen LogP contribution in [0, 0.1) is 28.6 Å². The molecular formula is C31H36N4O3. The second-order valence-corrected chi connectivity index (χ2v) is 12.0. The summed E-state index contributed by atoms with van der Waals surface area (Å²) in [4.78, 5) is 33.3. The Labute approximate surface area is 224 Å². The van der Waals surface area contributed by atoms with E-state index in [1.54, 1.807) is 49.1 Å². The van der Waals surface area contributed by atoms with Gasteiger partial charge >= 0.3 is 5.97 Å². The molecule has 0 aliphatic heterocycles. The summed E-state index contributed by atoms with van der Waals surface area (Å²) in [6, 6.07) is 7.05. The van der Waals surface area contributed by atoms with Crippen LogP contribution in [0.2, 0.25) is 0 Å². The zero-order chi connectivity index (χ0) is 26.3. The lowest BCUT2D eigenvalue weighted by atomic mass is 9.48. The molecule has 4 aliphatic rings. The van der Waals surface area contributed by atoms with Gasteiger partial charge in [0.1, 0.15) is 6.10 Å². The predicted molar refractivity (Wildman–Crippen MR) is 144 cm³/mol. The minimum atomic E-state index is -0.275. The molecule has 2 aromatic rings. The summed E-state index contributed by atoms with van der Waals surface area (Å²) in [5, 5.41) is 4.68. The standard InChI is InChI=1S/C31H36N4O3/c1-30-13-11-23(38-29(37)21-6-4-16-33-19-21)17-22(30)7-8-24-25-9-10-27(31(25,2)14-12-26(24)30)34-35-28(36)20-5-3-15-32-18-20/h3-7,15-16,18-19,23-26H,8-14,17H2,1-2H3,(H,35,36)/b34-27-/t23-,24-,25-,26-,30-,31-/m0/s1. The first-order valence-electron chi connectivity index (χ1n) is 14.0. The molecule has 0 aromatic carbocycles.